The maximum atomic E-state index is 5.50. The second-order valence-electron chi connectivity index (χ2n) is 6.61. The first-order chi connectivity index (χ1) is 12.7. The smallest absolute Gasteiger partial charge is 0.226 e. The number of ether oxygens (including phenoxy) is 1. The molecule has 1 saturated heterocycles. The molecule has 6 heteroatoms. The van der Waals surface area contributed by atoms with E-state index < -0.39 is 0 Å². The van der Waals surface area contributed by atoms with Gasteiger partial charge in [-0.15, -0.1) is 11.3 Å². The van der Waals surface area contributed by atoms with Crippen molar-refractivity contribution in [2.24, 2.45) is 0 Å². The first-order valence-corrected chi connectivity index (χ1v) is 10.4. The number of anilines is 1. The number of aromatic nitrogens is 2. The fourth-order valence-electron chi connectivity index (χ4n) is 3.63. The summed E-state index contributed by atoms with van der Waals surface area (Å²) in [5.41, 5.74) is 5.92. The van der Waals surface area contributed by atoms with Crippen molar-refractivity contribution < 1.29 is 4.74 Å². The number of thiophene rings is 1. The zero-order valence-electron chi connectivity index (χ0n) is 14.5. The molecule has 0 saturated carbocycles. The highest BCUT2D eigenvalue weighted by Gasteiger charge is 2.22. The average molecular weight is 428 g/mol. The third kappa shape index (κ3) is 2.59. The Hall–Kier alpha value is -1.76. The van der Waals surface area contributed by atoms with Crippen LogP contribution in [-0.2, 0) is 11.2 Å². The Morgan fingerprint density at radius 1 is 1.19 bits per heavy atom. The summed E-state index contributed by atoms with van der Waals surface area (Å²) >= 11 is 5.50. The Morgan fingerprint density at radius 2 is 2.04 bits per heavy atom. The van der Waals surface area contributed by atoms with Crippen LogP contribution in [0.5, 0.6) is 0 Å². The van der Waals surface area contributed by atoms with Crippen molar-refractivity contribution in [2.45, 2.75) is 13.3 Å². The van der Waals surface area contributed by atoms with Crippen LogP contribution in [-0.4, -0.2) is 36.3 Å². The van der Waals surface area contributed by atoms with Gasteiger partial charge in [0.05, 0.1) is 28.1 Å². The molecule has 1 aliphatic heterocycles. The van der Waals surface area contributed by atoms with Crippen molar-refractivity contribution in [1.82, 2.24) is 9.97 Å². The van der Waals surface area contributed by atoms with Gasteiger partial charge in [0.15, 0.2) is 0 Å². The summed E-state index contributed by atoms with van der Waals surface area (Å²) in [5.74, 6) is 0.800. The normalized spacial score (nSPS) is 16.5. The average Bonchev–Trinajstić information content (AvgIpc) is 3.27. The minimum absolute atomic E-state index is 0.726. The van der Waals surface area contributed by atoms with Gasteiger partial charge in [-0.2, -0.15) is 0 Å². The van der Waals surface area contributed by atoms with Crippen LogP contribution < -0.4 is 4.90 Å². The molecular weight excluding hydrogens is 410 g/mol. The monoisotopic (exact) mass is 427 g/mol. The molecule has 0 amide bonds. The summed E-state index contributed by atoms with van der Waals surface area (Å²) in [6.07, 6.45) is 5.45. The van der Waals surface area contributed by atoms with Crippen LogP contribution >= 0.6 is 27.3 Å². The van der Waals surface area contributed by atoms with E-state index in [0.29, 0.717) is 0 Å². The largest absolute Gasteiger partial charge is 0.378 e. The fraction of sp³-hybridized carbons (Fsp3) is 0.300. The molecular formula is C20H18BrN3OS. The summed E-state index contributed by atoms with van der Waals surface area (Å²) in [7, 11) is 0. The van der Waals surface area contributed by atoms with E-state index in [1.54, 1.807) is 11.3 Å². The highest BCUT2D eigenvalue weighted by molar-refractivity contribution is 9.10. The van der Waals surface area contributed by atoms with E-state index in [2.05, 4.69) is 58.1 Å². The second-order valence-corrected chi connectivity index (χ2v) is 8.62. The number of nitrogens with zero attached hydrogens (tertiary/aromatic N) is 3. The van der Waals surface area contributed by atoms with Crippen molar-refractivity contribution in [1.29, 1.82) is 0 Å². The van der Waals surface area contributed by atoms with Gasteiger partial charge in [-0.25, -0.2) is 9.97 Å². The Kier molecular flexibility index (Phi) is 4.07. The molecule has 1 fully saturated rings. The molecule has 0 unspecified atom stereocenters. The zero-order chi connectivity index (χ0) is 17.7. The molecule has 26 heavy (non-hydrogen) atoms. The lowest BCUT2D eigenvalue weighted by Crippen LogP contribution is -2.37. The Balaban J connectivity index is 1.77. The number of allylic oxidation sites excluding steroid dienone is 1. The van der Waals surface area contributed by atoms with Crippen LogP contribution in [0.4, 0.5) is 5.95 Å². The lowest BCUT2D eigenvalue weighted by atomic mass is 10.0. The van der Waals surface area contributed by atoms with Crippen LogP contribution in [0.15, 0.2) is 28.7 Å². The molecule has 0 radical (unpaired) electrons. The number of hydrogen-bond donors (Lipinski definition) is 0. The van der Waals surface area contributed by atoms with Crippen molar-refractivity contribution in [2.75, 3.05) is 31.2 Å². The molecule has 1 aliphatic carbocycles. The maximum absolute atomic E-state index is 5.50. The van der Waals surface area contributed by atoms with Crippen LogP contribution in [0, 0.1) is 6.92 Å². The van der Waals surface area contributed by atoms with Gasteiger partial charge in [0.2, 0.25) is 5.95 Å². The highest BCUT2D eigenvalue weighted by Crippen LogP contribution is 2.42. The number of morpholine rings is 1. The van der Waals surface area contributed by atoms with Gasteiger partial charge in [-0.3, -0.25) is 0 Å². The standard InChI is InChI=1S/C20H18BrN3OS/c1-12-16(21)18-19(26-12)17(15-7-3-5-13-4-2-6-14(13)15)22-20(23-18)24-8-10-25-11-9-24/h2-3,5-7H,4,8-11H2,1H3. The zero-order valence-corrected chi connectivity index (χ0v) is 16.9. The second kappa shape index (κ2) is 6.44. The number of rotatable bonds is 2. The summed E-state index contributed by atoms with van der Waals surface area (Å²) in [5, 5.41) is 0. The number of halogens is 1. The third-order valence-corrected chi connectivity index (χ3v) is 7.33. The van der Waals surface area contributed by atoms with Gasteiger partial charge in [-0.05, 0) is 40.4 Å². The van der Waals surface area contributed by atoms with E-state index in [0.717, 1.165) is 59.1 Å². The van der Waals surface area contributed by atoms with Gasteiger partial charge in [0.1, 0.15) is 5.52 Å². The van der Waals surface area contributed by atoms with Crippen LogP contribution in [0.2, 0.25) is 0 Å². The van der Waals surface area contributed by atoms with Crippen molar-refractivity contribution >= 4 is 49.5 Å². The van der Waals surface area contributed by atoms with Gasteiger partial charge < -0.3 is 9.64 Å². The molecule has 3 heterocycles. The predicted octanol–water partition coefficient (Wildman–Crippen LogP) is 4.84. The lowest BCUT2D eigenvalue weighted by Gasteiger charge is -2.27. The minimum atomic E-state index is 0.726. The molecule has 0 N–H and O–H groups in total. The molecule has 5 rings (SSSR count). The van der Waals surface area contributed by atoms with E-state index >= 15 is 0 Å². The van der Waals surface area contributed by atoms with Crippen LogP contribution in [0.1, 0.15) is 16.0 Å². The van der Waals surface area contributed by atoms with Gasteiger partial charge in [0, 0.05) is 23.5 Å². The molecule has 2 aliphatic rings. The van der Waals surface area contributed by atoms with Gasteiger partial charge in [-0.1, -0.05) is 30.4 Å². The third-order valence-electron chi connectivity index (χ3n) is 4.99. The van der Waals surface area contributed by atoms with Gasteiger partial charge in [0.25, 0.3) is 0 Å². The molecule has 0 spiro atoms. The molecule has 1 aromatic carbocycles. The van der Waals surface area contributed by atoms with Crippen molar-refractivity contribution in [3.8, 4) is 11.3 Å². The van der Waals surface area contributed by atoms with E-state index in [9.17, 15) is 0 Å². The molecule has 0 atom stereocenters. The first-order valence-electron chi connectivity index (χ1n) is 8.80. The lowest BCUT2D eigenvalue weighted by molar-refractivity contribution is 0.122. The molecule has 2 aromatic heterocycles. The quantitative estimate of drug-likeness (QED) is 0.586. The summed E-state index contributed by atoms with van der Waals surface area (Å²) in [6, 6.07) is 6.52. The van der Waals surface area contributed by atoms with Crippen molar-refractivity contribution in [3.05, 3.63) is 44.8 Å². The highest BCUT2D eigenvalue weighted by atomic mass is 79.9. The van der Waals surface area contributed by atoms with Crippen LogP contribution in [0.25, 0.3) is 27.6 Å². The van der Waals surface area contributed by atoms with E-state index in [1.165, 1.54) is 21.6 Å². The number of aryl methyl sites for hydroxylation is 1. The number of benzene rings is 1. The van der Waals surface area contributed by atoms with Crippen LogP contribution in [0.3, 0.4) is 0 Å². The Bertz CT molecular complexity index is 1040. The molecule has 3 aromatic rings. The van der Waals surface area contributed by atoms with Gasteiger partial charge >= 0.3 is 0 Å². The van der Waals surface area contributed by atoms with E-state index in [1.807, 2.05) is 0 Å². The first kappa shape index (κ1) is 16.4. The molecule has 0 bridgehead atoms. The maximum Gasteiger partial charge on any atom is 0.226 e. The van der Waals surface area contributed by atoms with E-state index in [-0.39, 0.29) is 0 Å². The minimum Gasteiger partial charge on any atom is -0.378 e. The topological polar surface area (TPSA) is 38.2 Å². The van der Waals surface area contributed by atoms with Crippen molar-refractivity contribution in [3.63, 3.8) is 0 Å². The number of hydrogen-bond acceptors (Lipinski definition) is 5. The molecule has 132 valence electrons. The predicted molar refractivity (Wildman–Crippen MR) is 111 cm³/mol. The summed E-state index contributed by atoms with van der Waals surface area (Å²) in [6.45, 7) is 5.25. The summed E-state index contributed by atoms with van der Waals surface area (Å²) < 4.78 is 7.73. The Morgan fingerprint density at radius 3 is 2.88 bits per heavy atom. The number of fused-ring (bicyclic) bond motifs is 2. The Labute approximate surface area is 164 Å². The SMILES string of the molecule is Cc1sc2c(-c3cccc4c3C=CC4)nc(N3CCOCC3)nc2c1Br. The van der Waals surface area contributed by atoms with E-state index in [4.69, 9.17) is 14.7 Å². The summed E-state index contributed by atoms with van der Waals surface area (Å²) in [4.78, 5) is 13.4. The fourth-order valence-corrected chi connectivity index (χ4v) is 5.28. The molecule has 4 nitrogen and oxygen atoms in total.